The fraction of sp³-hybridized carbons (Fsp3) is 0.429. The third kappa shape index (κ3) is 3.51. The summed E-state index contributed by atoms with van der Waals surface area (Å²) in [5.41, 5.74) is 1.32. The van der Waals surface area contributed by atoms with Gasteiger partial charge < -0.3 is 10.1 Å². The fourth-order valence-corrected chi connectivity index (χ4v) is 1.92. The average molecular weight is 305 g/mol. The zero-order valence-corrected chi connectivity index (χ0v) is 12.9. The van der Waals surface area contributed by atoms with Gasteiger partial charge in [-0.25, -0.2) is 4.79 Å². The Balaban J connectivity index is 2.00. The first-order valence-electron chi connectivity index (χ1n) is 7.05. The molecule has 0 aliphatic rings. The van der Waals surface area contributed by atoms with E-state index in [-0.39, 0.29) is 23.9 Å². The first kappa shape index (κ1) is 15.7. The topological polar surface area (TPSA) is 91.0 Å². The van der Waals surface area contributed by atoms with E-state index >= 15 is 0 Å². The van der Waals surface area contributed by atoms with Crippen molar-refractivity contribution in [1.82, 2.24) is 24.9 Å². The molecule has 2 aromatic rings. The van der Waals surface area contributed by atoms with Gasteiger partial charge in [0.05, 0.1) is 12.8 Å². The van der Waals surface area contributed by atoms with Crippen molar-refractivity contribution >= 4 is 11.9 Å². The molecule has 1 N–H and O–H groups in total. The number of nitrogens with zero attached hydrogens (tertiary/aromatic N) is 4. The van der Waals surface area contributed by atoms with Crippen molar-refractivity contribution in [1.29, 1.82) is 0 Å². The fourth-order valence-electron chi connectivity index (χ4n) is 1.92. The van der Waals surface area contributed by atoms with Crippen LogP contribution in [-0.4, -0.2) is 38.0 Å². The van der Waals surface area contributed by atoms with Crippen LogP contribution in [0.1, 0.15) is 40.4 Å². The lowest BCUT2D eigenvalue weighted by Crippen LogP contribution is -2.23. The Bertz CT molecular complexity index is 674. The van der Waals surface area contributed by atoms with Gasteiger partial charge in [-0.15, -0.1) is 0 Å². The standard InChI is InChI=1S/C14H19N5O3/c1-4-19-9-10(8-16-19)7-15-13(20)11-6-12(18(3)17-11)14(21)22-5-2/h6,8-9H,4-5,7H2,1-3H3,(H,15,20). The lowest BCUT2D eigenvalue weighted by atomic mass is 10.3. The molecule has 0 atom stereocenters. The Labute approximate surface area is 128 Å². The highest BCUT2D eigenvalue weighted by Gasteiger charge is 2.18. The van der Waals surface area contributed by atoms with Gasteiger partial charge in [-0.1, -0.05) is 0 Å². The van der Waals surface area contributed by atoms with E-state index in [2.05, 4.69) is 15.5 Å². The summed E-state index contributed by atoms with van der Waals surface area (Å²) in [5, 5.41) is 10.9. The lowest BCUT2D eigenvalue weighted by molar-refractivity contribution is 0.0513. The van der Waals surface area contributed by atoms with Crippen LogP contribution in [-0.2, 0) is 24.9 Å². The predicted molar refractivity (Wildman–Crippen MR) is 78.2 cm³/mol. The van der Waals surface area contributed by atoms with E-state index in [1.54, 1.807) is 24.9 Å². The third-order valence-corrected chi connectivity index (χ3v) is 3.06. The van der Waals surface area contributed by atoms with E-state index in [0.29, 0.717) is 6.54 Å². The van der Waals surface area contributed by atoms with E-state index in [9.17, 15) is 9.59 Å². The van der Waals surface area contributed by atoms with Crippen LogP contribution < -0.4 is 5.32 Å². The van der Waals surface area contributed by atoms with Crippen LogP contribution in [0.3, 0.4) is 0 Å². The lowest BCUT2D eigenvalue weighted by Gasteiger charge is -2.00. The summed E-state index contributed by atoms with van der Waals surface area (Å²) in [5.74, 6) is -0.851. The monoisotopic (exact) mass is 305 g/mol. The average Bonchev–Trinajstić information content (AvgIpc) is 3.11. The van der Waals surface area contributed by atoms with Crippen molar-refractivity contribution < 1.29 is 14.3 Å². The van der Waals surface area contributed by atoms with Gasteiger partial charge in [0.15, 0.2) is 5.69 Å². The van der Waals surface area contributed by atoms with Crippen LogP contribution in [0.2, 0.25) is 0 Å². The highest BCUT2D eigenvalue weighted by molar-refractivity contribution is 5.95. The van der Waals surface area contributed by atoms with E-state index < -0.39 is 5.97 Å². The molecule has 1 amide bonds. The Hall–Kier alpha value is -2.64. The van der Waals surface area contributed by atoms with Crippen LogP contribution in [0.4, 0.5) is 0 Å². The van der Waals surface area contributed by atoms with E-state index in [0.717, 1.165) is 12.1 Å². The number of esters is 1. The van der Waals surface area contributed by atoms with Gasteiger partial charge in [-0.3, -0.25) is 14.2 Å². The van der Waals surface area contributed by atoms with Crippen molar-refractivity contribution in [2.45, 2.75) is 26.9 Å². The van der Waals surface area contributed by atoms with Gasteiger partial charge in [0.1, 0.15) is 5.69 Å². The minimum atomic E-state index is -0.499. The molecule has 0 aliphatic heterocycles. The molecule has 2 aromatic heterocycles. The molecule has 0 saturated carbocycles. The van der Waals surface area contributed by atoms with Crippen LogP contribution in [0.5, 0.6) is 0 Å². The van der Waals surface area contributed by atoms with Crippen molar-refractivity contribution in [3.63, 3.8) is 0 Å². The summed E-state index contributed by atoms with van der Waals surface area (Å²) in [6.07, 6.45) is 3.56. The maximum absolute atomic E-state index is 12.1. The van der Waals surface area contributed by atoms with Crippen LogP contribution >= 0.6 is 0 Å². The summed E-state index contributed by atoms with van der Waals surface area (Å²) in [6.45, 7) is 5.10. The molecule has 0 unspecified atom stereocenters. The van der Waals surface area contributed by atoms with Gasteiger partial charge in [0.25, 0.3) is 5.91 Å². The number of ether oxygens (including phenoxy) is 1. The molecule has 2 rings (SSSR count). The Kier molecular flexibility index (Phi) is 4.92. The first-order valence-corrected chi connectivity index (χ1v) is 7.05. The highest BCUT2D eigenvalue weighted by atomic mass is 16.5. The number of aromatic nitrogens is 4. The zero-order valence-electron chi connectivity index (χ0n) is 12.9. The van der Waals surface area contributed by atoms with Crippen LogP contribution in [0, 0.1) is 0 Å². The Morgan fingerprint density at radius 1 is 1.36 bits per heavy atom. The van der Waals surface area contributed by atoms with Gasteiger partial charge >= 0.3 is 5.97 Å². The Morgan fingerprint density at radius 2 is 2.14 bits per heavy atom. The van der Waals surface area contributed by atoms with E-state index in [1.807, 2.05) is 13.1 Å². The largest absolute Gasteiger partial charge is 0.461 e. The summed E-state index contributed by atoms with van der Waals surface area (Å²) >= 11 is 0. The van der Waals surface area contributed by atoms with Crippen molar-refractivity contribution in [3.8, 4) is 0 Å². The number of amides is 1. The number of carbonyl (C=O) groups is 2. The summed E-state index contributed by atoms with van der Waals surface area (Å²) in [4.78, 5) is 23.8. The minimum Gasteiger partial charge on any atom is -0.461 e. The number of carbonyl (C=O) groups excluding carboxylic acids is 2. The molecule has 0 fully saturated rings. The van der Waals surface area contributed by atoms with Crippen molar-refractivity contribution in [3.05, 3.63) is 35.4 Å². The van der Waals surface area contributed by atoms with Gasteiger partial charge in [0, 0.05) is 38.0 Å². The maximum atomic E-state index is 12.1. The molecule has 2 heterocycles. The number of hydrogen-bond donors (Lipinski definition) is 1. The number of rotatable bonds is 6. The minimum absolute atomic E-state index is 0.174. The van der Waals surface area contributed by atoms with Crippen LogP contribution in [0.25, 0.3) is 0 Å². The highest BCUT2D eigenvalue weighted by Crippen LogP contribution is 2.06. The molecule has 0 aromatic carbocycles. The predicted octanol–water partition coefficient (Wildman–Crippen LogP) is 0.743. The van der Waals surface area contributed by atoms with Gasteiger partial charge in [0.2, 0.25) is 0 Å². The zero-order chi connectivity index (χ0) is 16.1. The summed E-state index contributed by atoms with van der Waals surface area (Å²) in [6, 6.07) is 1.42. The van der Waals surface area contributed by atoms with Gasteiger partial charge in [-0.2, -0.15) is 10.2 Å². The molecular formula is C14H19N5O3. The quantitative estimate of drug-likeness (QED) is 0.795. The van der Waals surface area contributed by atoms with E-state index in [1.165, 1.54) is 10.7 Å². The molecule has 0 bridgehead atoms. The molecular weight excluding hydrogens is 286 g/mol. The maximum Gasteiger partial charge on any atom is 0.356 e. The summed E-state index contributed by atoms with van der Waals surface area (Å²) in [7, 11) is 1.59. The smallest absolute Gasteiger partial charge is 0.356 e. The molecule has 0 spiro atoms. The molecule has 0 saturated heterocycles. The van der Waals surface area contributed by atoms with Gasteiger partial charge in [-0.05, 0) is 13.8 Å². The van der Waals surface area contributed by atoms with Crippen molar-refractivity contribution in [2.24, 2.45) is 7.05 Å². The number of aryl methyl sites for hydroxylation is 2. The first-order chi connectivity index (χ1) is 10.5. The van der Waals surface area contributed by atoms with E-state index in [4.69, 9.17) is 4.74 Å². The second-order valence-corrected chi connectivity index (χ2v) is 4.65. The Morgan fingerprint density at radius 3 is 2.77 bits per heavy atom. The SMILES string of the molecule is CCOC(=O)c1cc(C(=O)NCc2cnn(CC)c2)nn1C. The van der Waals surface area contributed by atoms with Crippen molar-refractivity contribution in [2.75, 3.05) is 6.61 Å². The molecule has 118 valence electrons. The number of hydrogen-bond acceptors (Lipinski definition) is 5. The summed E-state index contributed by atoms with van der Waals surface area (Å²) < 4.78 is 8.02. The second-order valence-electron chi connectivity index (χ2n) is 4.65. The second kappa shape index (κ2) is 6.88. The molecule has 0 radical (unpaired) electrons. The number of nitrogens with one attached hydrogen (secondary N) is 1. The van der Waals surface area contributed by atoms with Crippen LogP contribution in [0.15, 0.2) is 18.5 Å². The third-order valence-electron chi connectivity index (χ3n) is 3.06. The molecule has 8 nitrogen and oxygen atoms in total. The molecule has 8 heteroatoms. The molecule has 0 aliphatic carbocycles. The normalized spacial score (nSPS) is 10.5. The molecule has 22 heavy (non-hydrogen) atoms.